The van der Waals surface area contributed by atoms with Gasteiger partial charge in [0.2, 0.25) is 0 Å². The van der Waals surface area contributed by atoms with E-state index in [1.165, 1.54) is 18.5 Å². The molecule has 2 aromatic carbocycles. The Kier molecular flexibility index (Phi) is 3.08. The summed E-state index contributed by atoms with van der Waals surface area (Å²) in [6.07, 6.45) is -2.84. The molecule has 3 aromatic rings. The molecule has 108 valence electrons. The fourth-order valence-corrected chi connectivity index (χ4v) is 2.33. The standard InChI is InChI=1S/C15H12F3N3/c16-15(17,18)12-4-2-1-3-10(12)8-21-9-20-13-7-11(19)5-6-14(13)21/h1-7,9H,8,19H2. The molecule has 3 nitrogen and oxygen atoms in total. The van der Waals surface area contributed by atoms with E-state index in [1.54, 1.807) is 28.8 Å². The van der Waals surface area contributed by atoms with Crippen LogP contribution in [0.15, 0.2) is 48.8 Å². The van der Waals surface area contributed by atoms with E-state index in [1.807, 2.05) is 0 Å². The van der Waals surface area contributed by atoms with E-state index in [0.717, 1.165) is 11.6 Å². The molecule has 0 fully saturated rings. The lowest BCUT2D eigenvalue weighted by atomic mass is 10.1. The van der Waals surface area contributed by atoms with Crippen LogP contribution in [0.4, 0.5) is 18.9 Å². The van der Waals surface area contributed by atoms with Crippen molar-refractivity contribution in [3.8, 4) is 0 Å². The van der Waals surface area contributed by atoms with Gasteiger partial charge in [0, 0.05) is 12.2 Å². The Balaban J connectivity index is 2.04. The average Bonchev–Trinajstić information content (AvgIpc) is 2.80. The summed E-state index contributed by atoms with van der Waals surface area (Å²) in [5.41, 5.74) is 7.25. The number of nitrogens with two attached hydrogens (primary N) is 1. The number of nitrogens with zero attached hydrogens (tertiary/aromatic N) is 2. The summed E-state index contributed by atoms with van der Waals surface area (Å²) in [7, 11) is 0. The minimum Gasteiger partial charge on any atom is -0.399 e. The van der Waals surface area contributed by atoms with E-state index in [0.29, 0.717) is 11.2 Å². The molecule has 0 radical (unpaired) electrons. The van der Waals surface area contributed by atoms with Gasteiger partial charge in [-0.05, 0) is 29.8 Å². The second-order valence-corrected chi connectivity index (χ2v) is 4.78. The fraction of sp³-hybridized carbons (Fsp3) is 0.133. The smallest absolute Gasteiger partial charge is 0.399 e. The summed E-state index contributed by atoms with van der Waals surface area (Å²) in [6, 6.07) is 10.7. The van der Waals surface area contributed by atoms with Crippen LogP contribution in [0.25, 0.3) is 11.0 Å². The third-order valence-corrected chi connectivity index (χ3v) is 3.31. The van der Waals surface area contributed by atoms with Gasteiger partial charge in [0.15, 0.2) is 0 Å². The first-order valence-corrected chi connectivity index (χ1v) is 6.30. The second-order valence-electron chi connectivity index (χ2n) is 4.78. The van der Waals surface area contributed by atoms with Crippen LogP contribution >= 0.6 is 0 Å². The van der Waals surface area contributed by atoms with Crippen LogP contribution in [-0.2, 0) is 12.7 Å². The summed E-state index contributed by atoms with van der Waals surface area (Å²) < 4.78 is 40.7. The van der Waals surface area contributed by atoms with Crippen LogP contribution in [0.1, 0.15) is 11.1 Å². The van der Waals surface area contributed by atoms with E-state index in [2.05, 4.69) is 4.98 Å². The highest BCUT2D eigenvalue weighted by Gasteiger charge is 2.32. The molecule has 0 spiro atoms. The maximum atomic E-state index is 13.0. The molecule has 21 heavy (non-hydrogen) atoms. The number of aromatic nitrogens is 2. The van der Waals surface area contributed by atoms with Crippen molar-refractivity contribution in [2.24, 2.45) is 0 Å². The van der Waals surface area contributed by atoms with Crippen LogP contribution < -0.4 is 5.73 Å². The summed E-state index contributed by atoms with van der Waals surface area (Å²) in [4.78, 5) is 4.17. The third-order valence-electron chi connectivity index (χ3n) is 3.31. The first-order valence-electron chi connectivity index (χ1n) is 6.30. The summed E-state index contributed by atoms with van der Waals surface area (Å²) in [5, 5.41) is 0. The molecule has 0 aliphatic carbocycles. The molecule has 2 N–H and O–H groups in total. The van der Waals surface area contributed by atoms with Crippen LogP contribution in [0.2, 0.25) is 0 Å². The number of alkyl halides is 3. The molecule has 1 aromatic heterocycles. The number of benzene rings is 2. The predicted octanol–water partition coefficient (Wildman–Crippen LogP) is 3.69. The van der Waals surface area contributed by atoms with Crippen molar-refractivity contribution in [2.45, 2.75) is 12.7 Å². The number of imidazole rings is 1. The number of fused-ring (bicyclic) bond motifs is 1. The number of hydrogen-bond donors (Lipinski definition) is 1. The number of nitrogen functional groups attached to an aromatic ring is 1. The molecule has 0 unspecified atom stereocenters. The van der Waals surface area contributed by atoms with E-state index >= 15 is 0 Å². The highest BCUT2D eigenvalue weighted by Crippen LogP contribution is 2.32. The lowest BCUT2D eigenvalue weighted by molar-refractivity contribution is -0.138. The van der Waals surface area contributed by atoms with Gasteiger partial charge in [-0.25, -0.2) is 4.98 Å². The van der Waals surface area contributed by atoms with Gasteiger partial charge in [0.1, 0.15) is 0 Å². The van der Waals surface area contributed by atoms with Gasteiger partial charge in [0.25, 0.3) is 0 Å². The Hall–Kier alpha value is -2.50. The predicted molar refractivity (Wildman–Crippen MR) is 74.7 cm³/mol. The fourth-order valence-electron chi connectivity index (χ4n) is 2.33. The van der Waals surface area contributed by atoms with Crippen molar-refractivity contribution in [1.82, 2.24) is 9.55 Å². The maximum Gasteiger partial charge on any atom is 0.416 e. The maximum absolute atomic E-state index is 13.0. The van der Waals surface area contributed by atoms with Crippen LogP contribution in [0, 0.1) is 0 Å². The lowest BCUT2D eigenvalue weighted by Crippen LogP contribution is -2.11. The van der Waals surface area contributed by atoms with Gasteiger partial charge in [-0.2, -0.15) is 13.2 Å². The highest BCUT2D eigenvalue weighted by atomic mass is 19.4. The minimum absolute atomic E-state index is 0.107. The number of anilines is 1. The Morgan fingerprint density at radius 2 is 1.86 bits per heavy atom. The molecule has 0 aliphatic rings. The summed E-state index contributed by atoms with van der Waals surface area (Å²) >= 11 is 0. The van der Waals surface area contributed by atoms with Gasteiger partial charge >= 0.3 is 6.18 Å². The monoisotopic (exact) mass is 291 g/mol. The Bertz CT molecular complexity index is 790. The van der Waals surface area contributed by atoms with Gasteiger partial charge in [0.05, 0.1) is 22.9 Å². The first kappa shape index (κ1) is 13.5. The van der Waals surface area contributed by atoms with E-state index in [9.17, 15) is 13.2 Å². The van der Waals surface area contributed by atoms with Crippen molar-refractivity contribution in [1.29, 1.82) is 0 Å². The van der Waals surface area contributed by atoms with Crippen LogP contribution in [0.3, 0.4) is 0 Å². The molecule has 6 heteroatoms. The zero-order valence-corrected chi connectivity index (χ0v) is 10.9. The molecule has 0 bridgehead atoms. The Morgan fingerprint density at radius 1 is 1.10 bits per heavy atom. The zero-order valence-electron chi connectivity index (χ0n) is 10.9. The second kappa shape index (κ2) is 4.80. The van der Waals surface area contributed by atoms with E-state index in [-0.39, 0.29) is 12.1 Å². The molecule has 1 heterocycles. The van der Waals surface area contributed by atoms with Crippen LogP contribution in [0.5, 0.6) is 0 Å². The molecular formula is C15H12F3N3. The van der Waals surface area contributed by atoms with Crippen molar-refractivity contribution in [3.05, 3.63) is 59.9 Å². The largest absolute Gasteiger partial charge is 0.416 e. The summed E-state index contributed by atoms with van der Waals surface area (Å²) in [5.74, 6) is 0. The van der Waals surface area contributed by atoms with E-state index < -0.39 is 11.7 Å². The van der Waals surface area contributed by atoms with Crippen LogP contribution in [-0.4, -0.2) is 9.55 Å². The molecule has 3 rings (SSSR count). The average molecular weight is 291 g/mol. The van der Waals surface area contributed by atoms with Crippen molar-refractivity contribution in [2.75, 3.05) is 5.73 Å². The highest BCUT2D eigenvalue weighted by molar-refractivity contribution is 5.79. The summed E-state index contributed by atoms with van der Waals surface area (Å²) in [6.45, 7) is 0.107. The number of halogens is 3. The van der Waals surface area contributed by atoms with Gasteiger partial charge in [-0.3, -0.25) is 0 Å². The molecule has 0 saturated heterocycles. The molecular weight excluding hydrogens is 279 g/mol. The molecule has 0 aliphatic heterocycles. The van der Waals surface area contributed by atoms with Crippen molar-refractivity contribution >= 4 is 16.7 Å². The topological polar surface area (TPSA) is 43.8 Å². The van der Waals surface area contributed by atoms with Gasteiger partial charge in [-0.15, -0.1) is 0 Å². The van der Waals surface area contributed by atoms with Gasteiger partial charge < -0.3 is 10.3 Å². The number of rotatable bonds is 2. The normalized spacial score (nSPS) is 12.0. The minimum atomic E-state index is -4.36. The third kappa shape index (κ3) is 2.56. The van der Waals surface area contributed by atoms with Crippen molar-refractivity contribution < 1.29 is 13.2 Å². The molecule has 0 atom stereocenters. The zero-order chi connectivity index (χ0) is 15.0. The quantitative estimate of drug-likeness (QED) is 0.732. The molecule has 0 amide bonds. The van der Waals surface area contributed by atoms with E-state index in [4.69, 9.17) is 5.73 Å². The first-order chi connectivity index (χ1) is 9.95. The number of hydrogen-bond acceptors (Lipinski definition) is 2. The molecule has 0 saturated carbocycles. The SMILES string of the molecule is Nc1ccc2c(c1)ncn2Cc1ccccc1C(F)(F)F. The van der Waals surface area contributed by atoms with Crippen molar-refractivity contribution in [3.63, 3.8) is 0 Å². The Labute approximate surface area is 118 Å². The Morgan fingerprint density at radius 3 is 2.62 bits per heavy atom. The lowest BCUT2D eigenvalue weighted by Gasteiger charge is -2.13. The van der Waals surface area contributed by atoms with Gasteiger partial charge in [-0.1, -0.05) is 18.2 Å².